The van der Waals surface area contributed by atoms with Gasteiger partial charge in [0.1, 0.15) is 18.4 Å². The minimum Gasteiger partial charge on any atom is -0.491 e. The van der Waals surface area contributed by atoms with Gasteiger partial charge < -0.3 is 19.5 Å². The van der Waals surface area contributed by atoms with Gasteiger partial charge >= 0.3 is 5.97 Å². The lowest BCUT2D eigenvalue weighted by atomic mass is 10.1. The van der Waals surface area contributed by atoms with Crippen molar-refractivity contribution in [2.24, 2.45) is 0 Å². The standard InChI is InChI=1S/C20H23NO5/c1-15(20(23)24)21(14-16-7-4-3-5-8-16)19(22)17-9-6-10-18(13-17)26-12-11-25-2/h3-10,13,15H,11-12,14H2,1-2H3,(H,23,24). The molecule has 0 bridgehead atoms. The fraction of sp³-hybridized carbons (Fsp3) is 0.300. The molecule has 0 radical (unpaired) electrons. The van der Waals surface area contributed by atoms with E-state index in [1.54, 1.807) is 31.4 Å². The highest BCUT2D eigenvalue weighted by Crippen LogP contribution is 2.18. The molecule has 0 fully saturated rings. The van der Waals surface area contributed by atoms with Crippen molar-refractivity contribution >= 4 is 11.9 Å². The summed E-state index contributed by atoms with van der Waals surface area (Å²) in [7, 11) is 1.58. The van der Waals surface area contributed by atoms with Gasteiger partial charge in [-0.25, -0.2) is 4.79 Å². The molecule has 0 aliphatic carbocycles. The number of nitrogens with zero attached hydrogens (tertiary/aromatic N) is 1. The summed E-state index contributed by atoms with van der Waals surface area (Å²) in [5.41, 5.74) is 1.24. The van der Waals surface area contributed by atoms with Crippen molar-refractivity contribution in [1.29, 1.82) is 0 Å². The zero-order valence-corrected chi connectivity index (χ0v) is 14.9. The fourth-order valence-electron chi connectivity index (χ4n) is 2.43. The lowest BCUT2D eigenvalue weighted by Crippen LogP contribution is -2.42. The normalized spacial score (nSPS) is 11.6. The smallest absolute Gasteiger partial charge is 0.326 e. The van der Waals surface area contributed by atoms with Gasteiger partial charge in [-0.2, -0.15) is 0 Å². The summed E-state index contributed by atoms with van der Waals surface area (Å²) in [6.45, 7) is 2.52. The summed E-state index contributed by atoms with van der Waals surface area (Å²) in [6, 6.07) is 15.1. The Bertz CT molecular complexity index is 732. The number of benzene rings is 2. The van der Waals surface area contributed by atoms with Crippen LogP contribution in [0.2, 0.25) is 0 Å². The van der Waals surface area contributed by atoms with E-state index in [9.17, 15) is 14.7 Å². The molecule has 1 unspecified atom stereocenters. The number of carboxylic acid groups (broad SMARTS) is 1. The molecule has 138 valence electrons. The lowest BCUT2D eigenvalue weighted by molar-refractivity contribution is -0.141. The molecule has 1 N–H and O–H groups in total. The molecule has 2 aromatic carbocycles. The highest BCUT2D eigenvalue weighted by Gasteiger charge is 2.26. The van der Waals surface area contributed by atoms with Crippen LogP contribution < -0.4 is 4.74 Å². The fourth-order valence-corrected chi connectivity index (χ4v) is 2.43. The Kier molecular flexibility index (Phi) is 7.17. The monoisotopic (exact) mass is 357 g/mol. The van der Waals surface area contributed by atoms with E-state index >= 15 is 0 Å². The highest BCUT2D eigenvalue weighted by molar-refractivity contribution is 5.96. The Labute approximate surface area is 153 Å². The van der Waals surface area contributed by atoms with Crippen molar-refractivity contribution in [3.05, 3.63) is 65.7 Å². The van der Waals surface area contributed by atoms with Crippen molar-refractivity contribution in [2.75, 3.05) is 20.3 Å². The van der Waals surface area contributed by atoms with Crippen molar-refractivity contribution < 1.29 is 24.2 Å². The Morgan fingerprint density at radius 1 is 1.08 bits per heavy atom. The van der Waals surface area contributed by atoms with Gasteiger partial charge in [0.2, 0.25) is 0 Å². The maximum Gasteiger partial charge on any atom is 0.326 e. The second-order valence-electron chi connectivity index (χ2n) is 5.80. The molecule has 2 aromatic rings. The average Bonchev–Trinajstić information content (AvgIpc) is 2.66. The first kappa shape index (κ1) is 19.5. The quantitative estimate of drug-likeness (QED) is 0.699. The van der Waals surface area contributed by atoms with Gasteiger partial charge in [0.05, 0.1) is 6.61 Å². The largest absolute Gasteiger partial charge is 0.491 e. The number of hydrogen-bond acceptors (Lipinski definition) is 4. The zero-order valence-electron chi connectivity index (χ0n) is 14.9. The molecule has 2 rings (SSSR count). The summed E-state index contributed by atoms with van der Waals surface area (Å²) < 4.78 is 10.5. The number of ether oxygens (including phenoxy) is 2. The van der Waals surface area contributed by atoms with Crippen LogP contribution in [0.1, 0.15) is 22.8 Å². The number of carbonyl (C=O) groups excluding carboxylic acids is 1. The van der Waals surface area contributed by atoms with Gasteiger partial charge in [-0.3, -0.25) is 4.79 Å². The van der Waals surface area contributed by atoms with Gasteiger partial charge in [-0.05, 0) is 30.7 Å². The van der Waals surface area contributed by atoms with Gasteiger partial charge in [-0.15, -0.1) is 0 Å². The molecule has 6 heteroatoms. The summed E-state index contributed by atoms with van der Waals surface area (Å²) in [6.07, 6.45) is 0. The number of carboxylic acids is 1. The SMILES string of the molecule is COCCOc1cccc(C(=O)N(Cc2ccccc2)C(C)C(=O)O)c1. The maximum absolute atomic E-state index is 13.0. The van der Waals surface area contributed by atoms with E-state index in [4.69, 9.17) is 9.47 Å². The first-order valence-corrected chi connectivity index (χ1v) is 8.32. The molecule has 0 aliphatic rings. The molecular weight excluding hydrogens is 334 g/mol. The minimum atomic E-state index is -1.05. The number of methoxy groups -OCH3 is 1. The van der Waals surface area contributed by atoms with Gasteiger partial charge in [-0.1, -0.05) is 36.4 Å². The molecule has 6 nitrogen and oxygen atoms in total. The van der Waals surface area contributed by atoms with Crippen molar-refractivity contribution in [3.63, 3.8) is 0 Å². The molecule has 0 heterocycles. The van der Waals surface area contributed by atoms with Crippen LogP contribution in [-0.2, 0) is 16.1 Å². The van der Waals surface area contributed by atoms with E-state index in [0.29, 0.717) is 24.5 Å². The van der Waals surface area contributed by atoms with E-state index < -0.39 is 12.0 Å². The molecular formula is C20H23NO5. The third-order valence-electron chi connectivity index (χ3n) is 3.92. The molecule has 0 aromatic heterocycles. The first-order valence-electron chi connectivity index (χ1n) is 8.32. The second kappa shape index (κ2) is 9.58. The third-order valence-corrected chi connectivity index (χ3v) is 3.92. The number of rotatable bonds is 9. The van der Waals surface area contributed by atoms with Crippen LogP contribution in [0.3, 0.4) is 0 Å². The number of aliphatic carboxylic acids is 1. The van der Waals surface area contributed by atoms with Crippen LogP contribution in [0, 0.1) is 0 Å². The van der Waals surface area contributed by atoms with Gasteiger partial charge in [0.25, 0.3) is 5.91 Å². The van der Waals surface area contributed by atoms with Crippen molar-refractivity contribution in [3.8, 4) is 5.75 Å². The highest BCUT2D eigenvalue weighted by atomic mass is 16.5. The minimum absolute atomic E-state index is 0.210. The zero-order chi connectivity index (χ0) is 18.9. The van der Waals surface area contributed by atoms with E-state index in [2.05, 4.69) is 0 Å². The van der Waals surface area contributed by atoms with Crippen molar-refractivity contribution in [2.45, 2.75) is 19.5 Å². The van der Waals surface area contributed by atoms with Crippen LogP contribution in [0.25, 0.3) is 0 Å². The average molecular weight is 357 g/mol. The van der Waals surface area contributed by atoms with Crippen LogP contribution in [0.4, 0.5) is 0 Å². The van der Waals surface area contributed by atoms with Crippen LogP contribution in [0.15, 0.2) is 54.6 Å². The molecule has 1 amide bonds. The topological polar surface area (TPSA) is 76.1 Å². The molecule has 0 spiro atoms. The number of amides is 1. The third kappa shape index (κ3) is 5.32. The summed E-state index contributed by atoms with van der Waals surface area (Å²) in [5, 5.41) is 9.39. The maximum atomic E-state index is 13.0. The Hall–Kier alpha value is -2.86. The van der Waals surface area contributed by atoms with Gasteiger partial charge in [0, 0.05) is 19.2 Å². The van der Waals surface area contributed by atoms with Crippen molar-refractivity contribution in [1.82, 2.24) is 4.90 Å². The van der Waals surface area contributed by atoms with E-state index in [-0.39, 0.29) is 12.5 Å². The Balaban J connectivity index is 2.22. The summed E-state index contributed by atoms with van der Waals surface area (Å²) in [5.74, 6) is -0.877. The predicted octanol–water partition coefficient (Wildman–Crippen LogP) is 2.83. The molecule has 0 aliphatic heterocycles. The number of carbonyl (C=O) groups is 2. The molecule has 0 saturated heterocycles. The summed E-state index contributed by atoms with van der Waals surface area (Å²) >= 11 is 0. The van der Waals surface area contributed by atoms with E-state index in [1.165, 1.54) is 11.8 Å². The predicted molar refractivity (Wildman–Crippen MR) is 97.2 cm³/mol. The number of hydrogen-bond donors (Lipinski definition) is 1. The Morgan fingerprint density at radius 3 is 2.46 bits per heavy atom. The van der Waals surface area contributed by atoms with Gasteiger partial charge in [0.15, 0.2) is 0 Å². The van der Waals surface area contributed by atoms with E-state index in [1.807, 2.05) is 30.3 Å². The molecule has 1 atom stereocenters. The lowest BCUT2D eigenvalue weighted by Gasteiger charge is -2.27. The van der Waals surface area contributed by atoms with E-state index in [0.717, 1.165) is 5.56 Å². The second-order valence-corrected chi connectivity index (χ2v) is 5.80. The van der Waals surface area contributed by atoms with Crippen LogP contribution in [0.5, 0.6) is 5.75 Å². The molecule has 0 saturated carbocycles. The van der Waals surface area contributed by atoms with Crippen LogP contribution >= 0.6 is 0 Å². The van der Waals surface area contributed by atoms with Crippen LogP contribution in [-0.4, -0.2) is 48.2 Å². The Morgan fingerprint density at radius 2 is 1.81 bits per heavy atom. The molecule has 26 heavy (non-hydrogen) atoms. The first-order chi connectivity index (χ1) is 12.5. The summed E-state index contributed by atoms with van der Waals surface area (Å²) in [4.78, 5) is 25.8.